The monoisotopic (exact) mass is 232 g/mol. The van der Waals surface area contributed by atoms with Crippen LogP contribution >= 0.6 is 0 Å². The fraction of sp³-hybridized carbons (Fsp3) is 0.385. The highest BCUT2D eigenvalue weighted by Crippen LogP contribution is 2.37. The topological polar surface area (TPSA) is 55.1 Å². The van der Waals surface area contributed by atoms with E-state index < -0.39 is 5.41 Å². The summed E-state index contributed by atoms with van der Waals surface area (Å²) >= 11 is 0. The van der Waals surface area contributed by atoms with E-state index in [9.17, 15) is 9.90 Å². The summed E-state index contributed by atoms with van der Waals surface area (Å²) < 4.78 is 1.70. The first kappa shape index (κ1) is 11.6. The third-order valence-electron chi connectivity index (χ3n) is 3.14. The fourth-order valence-corrected chi connectivity index (χ4v) is 2.22. The van der Waals surface area contributed by atoms with Crippen LogP contribution < -0.4 is 0 Å². The minimum atomic E-state index is -0.782. The van der Waals surface area contributed by atoms with Gasteiger partial charge in [0.1, 0.15) is 12.0 Å². The molecule has 2 rings (SSSR count). The van der Waals surface area contributed by atoms with Gasteiger partial charge in [0.15, 0.2) is 5.75 Å². The van der Waals surface area contributed by atoms with Crippen molar-refractivity contribution in [1.82, 2.24) is 9.78 Å². The van der Waals surface area contributed by atoms with Crippen LogP contribution in [0.25, 0.3) is 0 Å². The summed E-state index contributed by atoms with van der Waals surface area (Å²) in [6, 6.07) is 0. The van der Waals surface area contributed by atoms with Crippen molar-refractivity contribution in [2.45, 2.75) is 32.2 Å². The lowest BCUT2D eigenvalue weighted by Crippen LogP contribution is -2.29. The number of aldehydes is 1. The summed E-state index contributed by atoms with van der Waals surface area (Å²) in [6.07, 6.45) is 8.93. The SMILES string of the molecule is CCn1nc(C)c(O)c1C1(C=O)C=CC=CC1. The summed E-state index contributed by atoms with van der Waals surface area (Å²) in [7, 11) is 0. The smallest absolute Gasteiger partial charge is 0.161 e. The van der Waals surface area contributed by atoms with E-state index in [1.165, 1.54) is 0 Å². The largest absolute Gasteiger partial charge is 0.504 e. The van der Waals surface area contributed by atoms with Gasteiger partial charge >= 0.3 is 0 Å². The van der Waals surface area contributed by atoms with Crippen LogP contribution in [0.2, 0.25) is 0 Å². The van der Waals surface area contributed by atoms with Gasteiger partial charge in [0.2, 0.25) is 0 Å². The molecule has 0 amide bonds. The van der Waals surface area contributed by atoms with Crippen LogP contribution in [0.5, 0.6) is 5.75 Å². The molecule has 4 nitrogen and oxygen atoms in total. The van der Waals surface area contributed by atoms with Crippen molar-refractivity contribution >= 4 is 6.29 Å². The molecule has 1 N–H and O–H groups in total. The quantitative estimate of drug-likeness (QED) is 0.809. The lowest BCUT2D eigenvalue weighted by molar-refractivity contribution is -0.111. The van der Waals surface area contributed by atoms with Gasteiger partial charge in [-0.2, -0.15) is 5.10 Å². The second kappa shape index (κ2) is 4.20. The first-order valence-corrected chi connectivity index (χ1v) is 5.72. The zero-order valence-electron chi connectivity index (χ0n) is 10.1. The van der Waals surface area contributed by atoms with E-state index in [0.29, 0.717) is 24.4 Å². The van der Waals surface area contributed by atoms with Gasteiger partial charge in [-0.25, -0.2) is 0 Å². The molecule has 1 aromatic rings. The molecule has 0 radical (unpaired) electrons. The summed E-state index contributed by atoms with van der Waals surface area (Å²) in [4.78, 5) is 11.5. The Hall–Kier alpha value is -1.84. The molecular formula is C13H16N2O2. The Kier molecular flexibility index (Phi) is 2.88. The van der Waals surface area contributed by atoms with Crippen molar-refractivity contribution < 1.29 is 9.90 Å². The van der Waals surface area contributed by atoms with Crippen LogP contribution in [-0.4, -0.2) is 21.2 Å². The molecule has 1 aliphatic carbocycles. The first-order valence-electron chi connectivity index (χ1n) is 5.72. The molecule has 1 atom stereocenters. The number of rotatable bonds is 3. The lowest BCUT2D eigenvalue weighted by atomic mass is 9.79. The van der Waals surface area contributed by atoms with Crippen LogP contribution in [-0.2, 0) is 16.8 Å². The Balaban J connectivity index is 2.62. The van der Waals surface area contributed by atoms with Crippen LogP contribution in [0.1, 0.15) is 24.7 Å². The van der Waals surface area contributed by atoms with Crippen LogP contribution in [0.15, 0.2) is 24.3 Å². The minimum Gasteiger partial charge on any atom is -0.504 e. The summed E-state index contributed by atoms with van der Waals surface area (Å²) in [5.74, 6) is 0.124. The number of aromatic hydroxyl groups is 1. The highest BCUT2D eigenvalue weighted by atomic mass is 16.3. The predicted molar refractivity (Wildman–Crippen MR) is 64.9 cm³/mol. The molecule has 0 saturated carbocycles. The number of carbonyl (C=O) groups excluding carboxylic acids is 1. The van der Waals surface area contributed by atoms with Crippen molar-refractivity contribution in [2.75, 3.05) is 0 Å². The Morgan fingerprint density at radius 3 is 2.88 bits per heavy atom. The molecule has 0 aromatic carbocycles. The third-order valence-corrected chi connectivity index (χ3v) is 3.14. The maximum absolute atomic E-state index is 11.5. The highest BCUT2D eigenvalue weighted by Gasteiger charge is 2.36. The molecule has 1 aliphatic rings. The second-order valence-corrected chi connectivity index (χ2v) is 4.25. The molecule has 1 heterocycles. The standard InChI is InChI=1S/C13H16N2O2/c1-3-15-12(11(17)10(2)14-15)13(9-16)7-5-4-6-8-13/h4-7,9,17H,3,8H2,1-2H3. The van der Waals surface area contributed by atoms with Crippen molar-refractivity contribution in [3.05, 3.63) is 35.7 Å². The lowest BCUT2D eigenvalue weighted by Gasteiger charge is -2.25. The molecule has 0 aliphatic heterocycles. The average Bonchev–Trinajstić information content (AvgIpc) is 2.66. The Morgan fingerprint density at radius 2 is 2.35 bits per heavy atom. The normalized spacial score (nSPS) is 22.9. The van der Waals surface area contributed by atoms with E-state index in [2.05, 4.69) is 5.10 Å². The zero-order valence-corrected chi connectivity index (χ0v) is 10.1. The van der Waals surface area contributed by atoms with Crippen molar-refractivity contribution in [3.63, 3.8) is 0 Å². The van der Waals surface area contributed by atoms with Crippen molar-refractivity contribution in [1.29, 1.82) is 0 Å². The van der Waals surface area contributed by atoms with Crippen molar-refractivity contribution in [2.24, 2.45) is 0 Å². The Bertz CT molecular complexity index is 500. The van der Waals surface area contributed by atoms with Gasteiger partial charge in [-0.3, -0.25) is 4.68 Å². The van der Waals surface area contributed by atoms with E-state index >= 15 is 0 Å². The van der Waals surface area contributed by atoms with Gasteiger partial charge in [-0.1, -0.05) is 24.3 Å². The van der Waals surface area contributed by atoms with Crippen LogP contribution in [0.4, 0.5) is 0 Å². The van der Waals surface area contributed by atoms with Gasteiger partial charge in [0.05, 0.1) is 11.1 Å². The maximum atomic E-state index is 11.5. The molecule has 1 aromatic heterocycles. The summed E-state index contributed by atoms with van der Waals surface area (Å²) in [5.41, 5.74) is 0.370. The van der Waals surface area contributed by atoms with Gasteiger partial charge in [-0.15, -0.1) is 0 Å². The van der Waals surface area contributed by atoms with Gasteiger partial charge in [0, 0.05) is 6.54 Å². The number of allylic oxidation sites excluding steroid dienone is 4. The van der Waals surface area contributed by atoms with Gasteiger partial charge < -0.3 is 9.90 Å². The molecule has 0 saturated heterocycles. The summed E-state index contributed by atoms with van der Waals surface area (Å²) in [6.45, 7) is 4.31. The summed E-state index contributed by atoms with van der Waals surface area (Å²) in [5, 5.41) is 14.3. The highest BCUT2D eigenvalue weighted by molar-refractivity contribution is 5.74. The van der Waals surface area contributed by atoms with E-state index in [1.807, 2.05) is 31.2 Å². The van der Waals surface area contributed by atoms with Gasteiger partial charge in [-0.05, 0) is 20.3 Å². The minimum absolute atomic E-state index is 0.124. The number of carbonyl (C=O) groups is 1. The number of hydrogen-bond donors (Lipinski definition) is 1. The van der Waals surface area contributed by atoms with Crippen molar-refractivity contribution in [3.8, 4) is 5.75 Å². The zero-order chi connectivity index (χ0) is 12.5. The van der Waals surface area contributed by atoms with E-state index in [4.69, 9.17) is 0 Å². The molecule has 0 bridgehead atoms. The second-order valence-electron chi connectivity index (χ2n) is 4.25. The predicted octanol–water partition coefficient (Wildman–Crippen LogP) is 1.87. The molecule has 17 heavy (non-hydrogen) atoms. The number of aryl methyl sites for hydroxylation is 2. The van der Waals surface area contributed by atoms with E-state index in [-0.39, 0.29) is 5.75 Å². The maximum Gasteiger partial charge on any atom is 0.161 e. The number of nitrogens with zero attached hydrogens (tertiary/aromatic N) is 2. The van der Waals surface area contributed by atoms with E-state index in [0.717, 1.165) is 6.29 Å². The first-order chi connectivity index (χ1) is 8.14. The van der Waals surface area contributed by atoms with Crippen LogP contribution in [0, 0.1) is 6.92 Å². The van der Waals surface area contributed by atoms with Gasteiger partial charge in [0.25, 0.3) is 0 Å². The Morgan fingerprint density at radius 1 is 1.59 bits per heavy atom. The molecule has 90 valence electrons. The molecular weight excluding hydrogens is 216 g/mol. The average molecular weight is 232 g/mol. The fourth-order valence-electron chi connectivity index (χ4n) is 2.22. The Labute approximate surface area is 100 Å². The van der Waals surface area contributed by atoms with E-state index in [1.54, 1.807) is 11.6 Å². The van der Waals surface area contributed by atoms with Crippen LogP contribution in [0.3, 0.4) is 0 Å². The molecule has 0 fully saturated rings. The molecule has 4 heteroatoms. The number of hydrogen-bond acceptors (Lipinski definition) is 3. The number of aromatic nitrogens is 2. The molecule has 0 spiro atoms. The molecule has 1 unspecified atom stereocenters. The third kappa shape index (κ3) is 1.69.